The summed E-state index contributed by atoms with van der Waals surface area (Å²) in [6, 6.07) is 0. The van der Waals surface area contributed by atoms with Gasteiger partial charge in [0.25, 0.3) is 0 Å². The van der Waals surface area contributed by atoms with Gasteiger partial charge in [-0.2, -0.15) is 0 Å². The first-order valence-electron chi connectivity index (χ1n) is 36.2. The second-order valence-corrected chi connectivity index (χ2v) is 24.9. The monoisotopic (exact) mass is 1110 g/mol. The van der Waals surface area contributed by atoms with Crippen molar-refractivity contribution < 1.29 is 28.6 Å². The van der Waals surface area contributed by atoms with E-state index in [-0.39, 0.29) is 31.1 Å². The Morgan fingerprint density at radius 3 is 0.633 bits per heavy atom. The van der Waals surface area contributed by atoms with Gasteiger partial charge in [-0.3, -0.25) is 14.4 Å². The predicted octanol–water partition coefficient (Wildman–Crippen LogP) is 24.8. The van der Waals surface area contributed by atoms with Crippen molar-refractivity contribution >= 4 is 17.9 Å². The Balaban J connectivity index is 3.95. The van der Waals surface area contributed by atoms with Crippen LogP contribution in [0.3, 0.4) is 0 Å². The zero-order chi connectivity index (χ0) is 57.1. The number of hydrogen-bond donors (Lipinski definition) is 0. The van der Waals surface area contributed by atoms with E-state index in [2.05, 4.69) is 32.9 Å². The lowest BCUT2D eigenvalue weighted by atomic mass is 10.0. The molecule has 0 aromatic rings. The minimum absolute atomic E-state index is 0.0647. The first-order valence-corrected chi connectivity index (χ1v) is 36.2. The highest BCUT2D eigenvalue weighted by atomic mass is 16.6. The number of hydrogen-bond acceptors (Lipinski definition) is 6. The molecule has 6 heteroatoms. The van der Waals surface area contributed by atoms with E-state index in [1.807, 2.05) is 0 Å². The quantitative estimate of drug-likeness (QED) is 0.0261. The molecule has 0 amide bonds. The molecule has 1 unspecified atom stereocenters. The summed E-state index contributed by atoms with van der Waals surface area (Å²) >= 11 is 0. The highest BCUT2D eigenvalue weighted by Gasteiger charge is 2.19. The number of unbranched alkanes of at least 4 members (excludes halogenated alkanes) is 55. The van der Waals surface area contributed by atoms with E-state index in [1.165, 1.54) is 321 Å². The van der Waals surface area contributed by atoms with Gasteiger partial charge in [-0.05, 0) is 44.9 Å². The number of allylic oxidation sites excluding steroid dienone is 2. The molecule has 0 aliphatic rings. The van der Waals surface area contributed by atoms with Gasteiger partial charge in [0.1, 0.15) is 13.2 Å². The highest BCUT2D eigenvalue weighted by molar-refractivity contribution is 5.71. The number of rotatable bonds is 68. The topological polar surface area (TPSA) is 78.9 Å². The molecule has 0 spiro atoms. The molecule has 0 bridgehead atoms. The summed E-state index contributed by atoms with van der Waals surface area (Å²) in [6.07, 6.45) is 82.9. The van der Waals surface area contributed by atoms with Crippen LogP contribution < -0.4 is 0 Å². The lowest BCUT2D eigenvalue weighted by Crippen LogP contribution is -2.30. The average molecular weight is 1110 g/mol. The van der Waals surface area contributed by atoms with E-state index in [9.17, 15) is 14.4 Å². The molecule has 1 atom stereocenters. The van der Waals surface area contributed by atoms with Gasteiger partial charge in [-0.25, -0.2) is 0 Å². The van der Waals surface area contributed by atoms with E-state index < -0.39 is 6.10 Å². The van der Waals surface area contributed by atoms with Crippen molar-refractivity contribution in [3.05, 3.63) is 12.2 Å². The number of carbonyl (C=O) groups excluding carboxylic acids is 3. The van der Waals surface area contributed by atoms with Crippen LogP contribution in [0.25, 0.3) is 0 Å². The Morgan fingerprint density at radius 1 is 0.241 bits per heavy atom. The summed E-state index contributed by atoms with van der Waals surface area (Å²) in [7, 11) is 0. The van der Waals surface area contributed by atoms with Crippen molar-refractivity contribution in [3.63, 3.8) is 0 Å². The molecule has 468 valence electrons. The van der Waals surface area contributed by atoms with Crippen LogP contribution in [-0.4, -0.2) is 37.2 Å². The highest BCUT2D eigenvalue weighted by Crippen LogP contribution is 2.19. The van der Waals surface area contributed by atoms with Gasteiger partial charge < -0.3 is 14.2 Å². The summed E-state index contributed by atoms with van der Waals surface area (Å²) < 4.78 is 16.9. The third kappa shape index (κ3) is 66.8. The molecular formula is C73H140O6. The SMILES string of the molecule is CCCCCCCC/C=C\CCCCCCCCCCCC(=O)OC(COC(=O)CCCCCCCCCC)COC(=O)CCCCCCCCCCCCCCCCCCCCCCCCCCCCCCCCCCCC. The van der Waals surface area contributed by atoms with Crippen molar-refractivity contribution in [2.75, 3.05) is 13.2 Å². The summed E-state index contributed by atoms with van der Waals surface area (Å²) in [5, 5.41) is 0. The van der Waals surface area contributed by atoms with E-state index in [0.29, 0.717) is 19.3 Å². The Hall–Kier alpha value is -1.85. The minimum Gasteiger partial charge on any atom is -0.462 e. The van der Waals surface area contributed by atoms with Crippen LogP contribution >= 0.6 is 0 Å². The van der Waals surface area contributed by atoms with Gasteiger partial charge >= 0.3 is 17.9 Å². The first kappa shape index (κ1) is 77.2. The Morgan fingerprint density at radius 2 is 0.418 bits per heavy atom. The standard InChI is InChI=1S/C73H140O6/c1-4-7-10-13-16-19-21-23-25-27-29-30-31-32-33-34-35-36-37-38-39-40-41-42-43-45-46-48-50-52-54-57-60-63-66-72(75)78-69-70(68-77-71(74)65-62-59-56-18-15-12-9-6-3)79-73(76)67-64-61-58-55-53-51-49-47-44-28-26-24-22-20-17-14-11-8-5-2/h24,26,70H,4-23,25,27-69H2,1-3H3/b26-24-. The molecule has 0 fully saturated rings. The van der Waals surface area contributed by atoms with Gasteiger partial charge in [-0.15, -0.1) is 0 Å². The van der Waals surface area contributed by atoms with Crippen molar-refractivity contribution in [2.24, 2.45) is 0 Å². The van der Waals surface area contributed by atoms with Crippen LogP contribution in [0.1, 0.15) is 419 Å². The maximum Gasteiger partial charge on any atom is 0.306 e. The second-order valence-electron chi connectivity index (χ2n) is 24.9. The third-order valence-corrected chi connectivity index (χ3v) is 16.8. The Kier molecular flexibility index (Phi) is 67.0. The normalized spacial score (nSPS) is 12.0. The maximum atomic E-state index is 12.9. The van der Waals surface area contributed by atoms with E-state index >= 15 is 0 Å². The Bertz CT molecular complexity index is 1230. The number of carbonyl (C=O) groups is 3. The van der Waals surface area contributed by atoms with Crippen LogP contribution in [0, 0.1) is 0 Å². The van der Waals surface area contributed by atoms with Gasteiger partial charge in [0, 0.05) is 19.3 Å². The first-order chi connectivity index (χ1) is 39.0. The summed E-state index contributed by atoms with van der Waals surface area (Å²) in [6.45, 7) is 6.68. The lowest BCUT2D eigenvalue weighted by molar-refractivity contribution is -0.167. The zero-order valence-electron chi connectivity index (χ0n) is 53.9. The molecule has 0 N–H and O–H groups in total. The fourth-order valence-electron chi connectivity index (χ4n) is 11.3. The molecule has 79 heavy (non-hydrogen) atoms. The fraction of sp³-hybridized carbons (Fsp3) is 0.932. The van der Waals surface area contributed by atoms with Crippen molar-refractivity contribution in [1.82, 2.24) is 0 Å². The average Bonchev–Trinajstić information content (AvgIpc) is 3.45. The number of ether oxygens (including phenoxy) is 3. The van der Waals surface area contributed by atoms with Crippen molar-refractivity contribution in [2.45, 2.75) is 425 Å². The third-order valence-electron chi connectivity index (χ3n) is 16.8. The van der Waals surface area contributed by atoms with E-state index in [1.54, 1.807) is 0 Å². The molecule has 0 heterocycles. The molecule has 0 aromatic carbocycles. The molecule has 0 aromatic heterocycles. The summed E-state index contributed by atoms with van der Waals surface area (Å²) in [5.74, 6) is -0.841. The molecule has 0 radical (unpaired) electrons. The van der Waals surface area contributed by atoms with Gasteiger partial charge in [0.15, 0.2) is 6.10 Å². The molecule has 0 saturated heterocycles. The number of esters is 3. The van der Waals surface area contributed by atoms with Crippen LogP contribution in [-0.2, 0) is 28.6 Å². The van der Waals surface area contributed by atoms with Gasteiger partial charge in [-0.1, -0.05) is 367 Å². The van der Waals surface area contributed by atoms with Crippen LogP contribution in [0.5, 0.6) is 0 Å². The molecule has 0 rings (SSSR count). The van der Waals surface area contributed by atoms with Crippen molar-refractivity contribution in [1.29, 1.82) is 0 Å². The zero-order valence-corrected chi connectivity index (χ0v) is 53.9. The molecule has 0 saturated carbocycles. The second kappa shape index (κ2) is 68.6. The summed E-state index contributed by atoms with van der Waals surface area (Å²) in [4.78, 5) is 38.2. The van der Waals surface area contributed by atoms with Gasteiger partial charge in [0.2, 0.25) is 0 Å². The largest absolute Gasteiger partial charge is 0.462 e. The molecule has 0 aliphatic heterocycles. The van der Waals surface area contributed by atoms with Crippen LogP contribution in [0.2, 0.25) is 0 Å². The van der Waals surface area contributed by atoms with Gasteiger partial charge in [0.05, 0.1) is 0 Å². The summed E-state index contributed by atoms with van der Waals surface area (Å²) in [5.41, 5.74) is 0. The molecule has 6 nitrogen and oxygen atoms in total. The predicted molar refractivity (Wildman–Crippen MR) is 344 cm³/mol. The smallest absolute Gasteiger partial charge is 0.306 e. The van der Waals surface area contributed by atoms with Crippen molar-refractivity contribution in [3.8, 4) is 0 Å². The molecular weight excluding hydrogens is 973 g/mol. The minimum atomic E-state index is -0.766. The van der Waals surface area contributed by atoms with Crippen LogP contribution in [0.4, 0.5) is 0 Å². The van der Waals surface area contributed by atoms with Crippen LogP contribution in [0.15, 0.2) is 12.2 Å². The lowest BCUT2D eigenvalue weighted by Gasteiger charge is -2.18. The maximum absolute atomic E-state index is 12.9. The fourth-order valence-corrected chi connectivity index (χ4v) is 11.3. The Labute approximate surface area is 494 Å². The van der Waals surface area contributed by atoms with E-state index in [4.69, 9.17) is 14.2 Å². The molecule has 0 aliphatic carbocycles. The van der Waals surface area contributed by atoms with E-state index in [0.717, 1.165) is 57.8 Å².